The molecule has 0 bridgehead atoms. The van der Waals surface area contributed by atoms with Crippen LogP contribution in [0, 0.1) is 0 Å². The maximum atomic E-state index is 12.3. The van der Waals surface area contributed by atoms with Crippen LogP contribution in [0.1, 0.15) is 22.9 Å². The van der Waals surface area contributed by atoms with Crippen molar-refractivity contribution in [3.8, 4) is 11.5 Å². The van der Waals surface area contributed by atoms with E-state index in [0.717, 1.165) is 34.7 Å². The molecule has 2 aliphatic rings. The van der Waals surface area contributed by atoms with Crippen LogP contribution in [-0.4, -0.2) is 35.9 Å². The normalized spacial score (nSPS) is 18.5. The van der Waals surface area contributed by atoms with Gasteiger partial charge in [0.15, 0.2) is 11.5 Å². The summed E-state index contributed by atoms with van der Waals surface area (Å²) in [4.78, 5) is 12.3. The molecule has 1 aromatic heterocycles. The summed E-state index contributed by atoms with van der Waals surface area (Å²) >= 11 is 0. The zero-order valence-corrected chi connectivity index (χ0v) is 12.6. The molecular formula is C16H18N4O3. The van der Waals surface area contributed by atoms with Crippen molar-refractivity contribution in [2.24, 2.45) is 0 Å². The number of rotatable bonds is 4. The highest BCUT2D eigenvalue weighted by atomic mass is 16.6. The van der Waals surface area contributed by atoms with E-state index in [1.165, 1.54) is 0 Å². The summed E-state index contributed by atoms with van der Waals surface area (Å²) in [5.41, 5.74) is 3.02. The highest BCUT2D eigenvalue weighted by Crippen LogP contribution is 2.30. The molecule has 2 aromatic rings. The number of benzene rings is 1. The molecule has 7 heteroatoms. The lowest BCUT2D eigenvalue weighted by molar-refractivity contribution is -0.123. The predicted molar refractivity (Wildman–Crippen MR) is 82.3 cm³/mol. The third-order valence-electron chi connectivity index (χ3n) is 4.13. The van der Waals surface area contributed by atoms with Crippen LogP contribution in [-0.2, 0) is 17.8 Å². The summed E-state index contributed by atoms with van der Waals surface area (Å²) in [5.74, 6) is 1.54. The molecule has 23 heavy (non-hydrogen) atoms. The summed E-state index contributed by atoms with van der Waals surface area (Å²) in [6.07, 6.45) is 2.45. The fourth-order valence-electron chi connectivity index (χ4n) is 2.94. The second-order valence-corrected chi connectivity index (χ2v) is 5.64. The number of hydrogen-bond donors (Lipinski definition) is 3. The lowest BCUT2D eigenvalue weighted by Gasteiger charge is -2.19. The van der Waals surface area contributed by atoms with Gasteiger partial charge in [0.1, 0.15) is 19.3 Å². The highest BCUT2D eigenvalue weighted by Gasteiger charge is 2.29. The fourth-order valence-corrected chi connectivity index (χ4v) is 2.94. The minimum atomic E-state index is -0.316. The van der Waals surface area contributed by atoms with E-state index in [9.17, 15) is 4.79 Å². The highest BCUT2D eigenvalue weighted by molar-refractivity contribution is 5.84. The average Bonchev–Trinajstić information content (AvgIpc) is 3.18. The van der Waals surface area contributed by atoms with Crippen LogP contribution < -0.4 is 20.1 Å². The van der Waals surface area contributed by atoms with E-state index in [1.54, 1.807) is 6.20 Å². The second kappa shape index (κ2) is 5.92. The molecule has 7 nitrogen and oxygen atoms in total. The number of aromatic amines is 1. The number of amides is 1. The summed E-state index contributed by atoms with van der Waals surface area (Å²) in [5, 5.41) is 13.0. The van der Waals surface area contributed by atoms with Crippen molar-refractivity contribution in [1.29, 1.82) is 0 Å². The van der Waals surface area contributed by atoms with Gasteiger partial charge in [-0.1, -0.05) is 6.07 Å². The largest absolute Gasteiger partial charge is 0.486 e. The first kappa shape index (κ1) is 14.1. The number of fused-ring (bicyclic) bond motifs is 2. The number of nitrogens with zero attached hydrogens (tertiary/aromatic N) is 1. The van der Waals surface area contributed by atoms with E-state index in [1.807, 2.05) is 18.2 Å². The Hall–Kier alpha value is -2.54. The maximum absolute atomic E-state index is 12.3. The quantitative estimate of drug-likeness (QED) is 0.772. The monoisotopic (exact) mass is 314 g/mol. The Morgan fingerprint density at radius 2 is 2.17 bits per heavy atom. The van der Waals surface area contributed by atoms with E-state index >= 15 is 0 Å². The zero-order chi connectivity index (χ0) is 15.6. The number of carbonyl (C=O) groups is 1. The van der Waals surface area contributed by atoms with E-state index in [0.29, 0.717) is 26.3 Å². The van der Waals surface area contributed by atoms with Crippen molar-refractivity contribution in [3.05, 3.63) is 41.2 Å². The van der Waals surface area contributed by atoms with Crippen LogP contribution in [0.25, 0.3) is 0 Å². The molecule has 1 atom stereocenters. The lowest BCUT2D eigenvalue weighted by atomic mass is 10.1. The van der Waals surface area contributed by atoms with Gasteiger partial charge in [-0.25, -0.2) is 0 Å². The topological polar surface area (TPSA) is 88.3 Å². The number of hydrogen-bond acceptors (Lipinski definition) is 5. The molecule has 120 valence electrons. The van der Waals surface area contributed by atoms with Gasteiger partial charge in [0.2, 0.25) is 5.91 Å². The molecular weight excluding hydrogens is 296 g/mol. The van der Waals surface area contributed by atoms with Crippen molar-refractivity contribution in [2.45, 2.75) is 19.0 Å². The molecule has 0 fully saturated rings. The standard InChI is InChI=1S/C16H18N4O3/c21-16(15-11-8-19-20-12(11)9-18-15)17-4-3-10-1-2-13-14(7-10)23-6-5-22-13/h1-2,7-8,15,18H,3-6,9H2,(H,17,21)(H,19,20). The van der Waals surface area contributed by atoms with Gasteiger partial charge in [0, 0.05) is 18.7 Å². The van der Waals surface area contributed by atoms with Gasteiger partial charge in [0.25, 0.3) is 0 Å². The minimum absolute atomic E-state index is 0.0253. The number of nitrogens with one attached hydrogen (secondary N) is 3. The third kappa shape index (κ3) is 2.75. The molecule has 0 spiro atoms. The molecule has 4 rings (SSSR count). The van der Waals surface area contributed by atoms with Crippen LogP contribution in [0.15, 0.2) is 24.4 Å². The molecule has 0 radical (unpaired) electrons. The first-order valence-corrected chi connectivity index (χ1v) is 7.73. The van der Waals surface area contributed by atoms with E-state index in [-0.39, 0.29) is 11.9 Å². The number of aromatic nitrogens is 2. The van der Waals surface area contributed by atoms with Crippen molar-refractivity contribution in [1.82, 2.24) is 20.8 Å². The van der Waals surface area contributed by atoms with Gasteiger partial charge < -0.3 is 14.8 Å². The third-order valence-corrected chi connectivity index (χ3v) is 4.13. The number of carbonyl (C=O) groups excluding carboxylic acids is 1. The Balaban J connectivity index is 1.33. The van der Waals surface area contributed by atoms with Crippen LogP contribution in [0.5, 0.6) is 11.5 Å². The summed E-state index contributed by atoms with van der Waals surface area (Å²) < 4.78 is 11.1. The van der Waals surface area contributed by atoms with E-state index in [2.05, 4.69) is 20.8 Å². The van der Waals surface area contributed by atoms with Gasteiger partial charge in [-0.15, -0.1) is 0 Å². The first-order chi connectivity index (χ1) is 11.3. The maximum Gasteiger partial charge on any atom is 0.241 e. The molecule has 3 N–H and O–H groups in total. The Kier molecular flexibility index (Phi) is 3.63. The SMILES string of the molecule is O=C(NCCc1ccc2c(c1)OCCO2)C1NCc2[nH]ncc21. The Morgan fingerprint density at radius 3 is 3.09 bits per heavy atom. The predicted octanol–water partition coefficient (Wildman–Crippen LogP) is 0.684. The van der Waals surface area contributed by atoms with Crippen molar-refractivity contribution in [3.63, 3.8) is 0 Å². The molecule has 1 aromatic carbocycles. The molecule has 1 amide bonds. The summed E-state index contributed by atoms with van der Waals surface area (Å²) in [6, 6.07) is 5.58. The van der Waals surface area contributed by atoms with E-state index < -0.39 is 0 Å². The van der Waals surface area contributed by atoms with Crippen molar-refractivity contribution < 1.29 is 14.3 Å². The van der Waals surface area contributed by atoms with Gasteiger partial charge in [-0.05, 0) is 24.1 Å². The molecule has 3 heterocycles. The van der Waals surface area contributed by atoms with Gasteiger partial charge in [-0.2, -0.15) is 5.10 Å². The van der Waals surface area contributed by atoms with Gasteiger partial charge in [-0.3, -0.25) is 15.2 Å². The summed E-state index contributed by atoms with van der Waals surface area (Å²) in [7, 11) is 0. The molecule has 0 saturated heterocycles. The van der Waals surface area contributed by atoms with Crippen LogP contribution in [0.3, 0.4) is 0 Å². The van der Waals surface area contributed by atoms with Crippen LogP contribution >= 0.6 is 0 Å². The Bertz CT molecular complexity index is 728. The Labute approximate surface area is 133 Å². The molecule has 0 aliphatic carbocycles. The second-order valence-electron chi connectivity index (χ2n) is 5.64. The molecule has 2 aliphatic heterocycles. The first-order valence-electron chi connectivity index (χ1n) is 7.73. The molecule has 1 unspecified atom stereocenters. The lowest BCUT2D eigenvalue weighted by Crippen LogP contribution is -2.35. The molecule has 0 saturated carbocycles. The van der Waals surface area contributed by atoms with Gasteiger partial charge >= 0.3 is 0 Å². The number of H-pyrrole nitrogens is 1. The smallest absolute Gasteiger partial charge is 0.241 e. The van der Waals surface area contributed by atoms with Crippen molar-refractivity contribution >= 4 is 5.91 Å². The Morgan fingerprint density at radius 1 is 1.30 bits per heavy atom. The summed E-state index contributed by atoms with van der Waals surface area (Å²) in [6.45, 7) is 2.39. The fraction of sp³-hybridized carbons (Fsp3) is 0.375. The minimum Gasteiger partial charge on any atom is -0.486 e. The van der Waals surface area contributed by atoms with Crippen molar-refractivity contribution in [2.75, 3.05) is 19.8 Å². The number of ether oxygens (including phenoxy) is 2. The van der Waals surface area contributed by atoms with E-state index in [4.69, 9.17) is 9.47 Å². The van der Waals surface area contributed by atoms with Gasteiger partial charge in [0.05, 0.1) is 11.9 Å². The zero-order valence-electron chi connectivity index (χ0n) is 12.6. The van der Waals surface area contributed by atoms with Crippen LogP contribution in [0.2, 0.25) is 0 Å². The van der Waals surface area contributed by atoms with Crippen LogP contribution in [0.4, 0.5) is 0 Å². The average molecular weight is 314 g/mol.